The number of hydrogen-bond donors (Lipinski definition) is 0. The molecule has 9 aliphatic rings. The van der Waals surface area contributed by atoms with Crippen LogP contribution in [-0.2, 0) is 0 Å². The smallest absolute Gasteiger partial charge is 0.130 e. The molecule has 0 amide bonds. The van der Waals surface area contributed by atoms with Crippen molar-refractivity contribution in [1.82, 2.24) is 0 Å². The highest BCUT2D eigenvalue weighted by Gasteiger charge is 2.59. The van der Waals surface area contributed by atoms with Crippen molar-refractivity contribution in [3.05, 3.63) is 0 Å². The summed E-state index contributed by atoms with van der Waals surface area (Å²) in [5.41, 5.74) is 4.09. The highest BCUT2D eigenvalue weighted by molar-refractivity contribution is 6.47. The van der Waals surface area contributed by atoms with Gasteiger partial charge in [-0.2, -0.15) is 0 Å². The molecule has 8 fully saturated rings. The molecule has 0 N–H and O–H groups in total. The lowest BCUT2D eigenvalue weighted by atomic mass is 9.44. The Bertz CT molecular complexity index is 556. The number of hydrogen-bond acceptors (Lipinski definition) is 2. The Morgan fingerprint density at radius 3 is 1.04 bits per heavy atom. The van der Waals surface area contributed by atoms with Crippen LogP contribution in [0.3, 0.4) is 0 Å². The topological polar surface area (TPSA) is 24.7 Å². The van der Waals surface area contributed by atoms with E-state index in [1.54, 1.807) is 11.4 Å². The van der Waals surface area contributed by atoms with Crippen molar-refractivity contribution >= 4 is 11.4 Å². The maximum Gasteiger partial charge on any atom is 0.130 e. The third-order valence-corrected chi connectivity index (χ3v) is 9.76. The fraction of sp³-hybridized carbons (Fsp3) is 0.913. The summed E-state index contributed by atoms with van der Waals surface area (Å²) in [7, 11) is 0. The maximum atomic E-state index is 5.18. The zero-order valence-corrected chi connectivity index (χ0v) is 15.6. The Morgan fingerprint density at radius 2 is 0.760 bits per heavy atom. The van der Waals surface area contributed by atoms with Crippen molar-refractivity contribution in [3.8, 4) is 0 Å². The second-order valence-electron chi connectivity index (χ2n) is 11.6. The molecule has 8 aliphatic carbocycles. The first-order chi connectivity index (χ1) is 12.2. The standard InChI is InChI=1S/C23H32N2/c1-14-2-16-3-15(1)8-22(7-14,9-16)20-21(25-13-24-20)23-10-17-4-18(11-23)6-19(5-17)12-23/h14-19H,1-13H2. The van der Waals surface area contributed by atoms with Gasteiger partial charge >= 0.3 is 0 Å². The molecule has 1 aliphatic heterocycles. The van der Waals surface area contributed by atoms with Crippen LogP contribution in [0.1, 0.15) is 77.0 Å². The lowest BCUT2D eigenvalue weighted by Crippen LogP contribution is -2.57. The van der Waals surface area contributed by atoms with E-state index in [1.807, 2.05) is 0 Å². The molecule has 0 spiro atoms. The van der Waals surface area contributed by atoms with Gasteiger partial charge in [0.15, 0.2) is 0 Å². The van der Waals surface area contributed by atoms with Crippen molar-refractivity contribution in [2.24, 2.45) is 56.3 Å². The van der Waals surface area contributed by atoms with Crippen LogP contribution in [0.15, 0.2) is 9.98 Å². The Kier molecular flexibility index (Phi) is 2.65. The van der Waals surface area contributed by atoms with Gasteiger partial charge in [-0.05, 0) is 113 Å². The lowest BCUT2D eigenvalue weighted by molar-refractivity contribution is -0.0181. The molecule has 0 aromatic heterocycles. The van der Waals surface area contributed by atoms with Crippen LogP contribution >= 0.6 is 0 Å². The monoisotopic (exact) mass is 336 g/mol. The number of nitrogens with zero attached hydrogens (tertiary/aromatic N) is 2. The van der Waals surface area contributed by atoms with Gasteiger partial charge < -0.3 is 0 Å². The summed E-state index contributed by atoms with van der Waals surface area (Å²) in [6, 6.07) is 0. The highest BCUT2D eigenvalue weighted by Crippen LogP contribution is 2.64. The van der Waals surface area contributed by atoms with Crippen molar-refractivity contribution in [2.45, 2.75) is 77.0 Å². The highest BCUT2D eigenvalue weighted by atomic mass is 15.0. The van der Waals surface area contributed by atoms with Gasteiger partial charge in [0.25, 0.3) is 0 Å². The summed E-state index contributed by atoms with van der Waals surface area (Å²) in [6.45, 7) is 0.772. The molecule has 0 aromatic rings. The molecular formula is C23H32N2. The van der Waals surface area contributed by atoms with Crippen molar-refractivity contribution in [3.63, 3.8) is 0 Å². The quantitative estimate of drug-likeness (QED) is 0.656. The molecule has 2 heteroatoms. The molecule has 134 valence electrons. The molecule has 8 bridgehead atoms. The number of aliphatic imine (C=N–C) groups is 2. The van der Waals surface area contributed by atoms with Crippen LogP contribution in [0.2, 0.25) is 0 Å². The number of rotatable bonds is 2. The Labute approximate surface area is 152 Å². The molecule has 0 atom stereocenters. The summed E-state index contributed by atoms with van der Waals surface area (Å²) in [6.07, 6.45) is 18.0. The molecule has 2 nitrogen and oxygen atoms in total. The molecule has 1 heterocycles. The molecular weight excluding hydrogens is 304 g/mol. The SMILES string of the molecule is C1N=C(C23CC4CC(CC(C4)C2)C3)C(C23CC4CC(CC(C4)C2)C3)=N1. The van der Waals surface area contributed by atoms with Crippen LogP contribution < -0.4 is 0 Å². The average Bonchev–Trinajstić information content (AvgIpc) is 3.03. The molecule has 8 saturated carbocycles. The van der Waals surface area contributed by atoms with E-state index in [9.17, 15) is 0 Å². The van der Waals surface area contributed by atoms with Crippen LogP contribution in [0.4, 0.5) is 0 Å². The van der Waals surface area contributed by atoms with E-state index in [4.69, 9.17) is 9.98 Å². The fourth-order valence-corrected chi connectivity index (χ4v) is 9.97. The summed E-state index contributed by atoms with van der Waals surface area (Å²) in [5.74, 6) is 6.12. The summed E-state index contributed by atoms with van der Waals surface area (Å²) in [4.78, 5) is 10.4. The van der Waals surface area contributed by atoms with Crippen molar-refractivity contribution in [1.29, 1.82) is 0 Å². The third kappa shape index (κ3) is 1.87. The van der Waals surface area contributed by atoms with Crippen LogP contribution in [0.25, 0.3) is 0 Å². The van der Waals surface area contributed by atoms with E-state index in [1.165, 1.54) is 77.0 Å². The summed E-state index contributed by atoms with van der Waals surface area (Å²) < 4.78 is 0. The molecule has 0 unspecified atom stereocenters. The Morgan fingerprint density at radius 1 is 0.480 bits per heavy atom. The predicted octanol–water partition coefficient (Wildman–Crippen LogP) is 5.27. The Balaban J connectivity index is 1.28. The van der Waals surface area contributed by atoms with Gasteiger partial charge in [0, 0.05) is 10.8 Å². The minimum absolute atomic E-state index is 0.466. The van der Waals surface area contributed by atoms with Gasteiger partial charge in [0.2, 0.25) is 0 Å². The van der Waals surface area contributed by atoms with E-state index in [-0.39, 0.29) is 0 Å². The van der Waals surface area contributed by atoms with E-state index in [0.717, 1.165) is 42.2 Å². The molecule has 25 heavy (non-hydrogen) atoms. The van der Waals surface area contributed by atoms with Crippen LogP contribution in [0.5, 0.6) is 0 Å². The maximum absolute atomic E-state index is 5.18. The Hall–Kier alpha value is -0.660. The van der Waals surface area contributed by atoms with Gasteiger partial charge in [-0.25, -0.2) is 0 Å². The van der Waals surface area contributed by atoms with Crippen LogP contribution in [0, 0.1) is 46.3 Å². The van der Waals surface area contributed by atoms with Gasteiger partial charge in [-0.1, -0.05) is 0 Å². The fourth-order valence-electron chi connectivity index (χ4n) is 9.97. The third-order valence-electron chi connectivity index (χ3n) is 9.76. The van der Waals surface area contributed by atoms with Gasteiger partial charge in [-0.15, -0.1) is 0 Å². The van der Waals surface area contributed by atoms with E-state index >= 15 is 0 Å². The van der Waals surface area contributed by atoms with E-state index < -0.39 is 0 Å². The summed E-state index contributed by atoms with van der Waals surface area (Å²) >= 11 is 0. The molecule has 9 rings (SSSR count). The molecule has 0 aromatic carbocycles. The zero-order valence-electron chi connectivity index (χ0n) is 15.6. The minimum atomic E-state index is 0.466. The first kappa shape index (κ1) is 14.4. The first-order valence-corrected chi connectivity index (χ1v) is 11.3. The van der Waals surface area contributed by atoms with Gasteiger partial charge in [0.05, 0.1) is 11.4 Å². The van der Waals surface area contributed by atoms with Gasteiger partial charge in [-0.3, -0.25) is 9.98 Å². The normalized spacial score (nSPS) is 57.9. The second kappa shape index (κ2) is 4.60. The second-order valence-corrected chi connectivity index (χ2v) is 11.6. The van der Waals surface area contributed by atoms with E-state index in [2.05, 4.69) is 0 Å². The lowest BCUT2D eigenvalue weighted by Gasteiger charge is -2.60. The van der Waals surface area contributed by atoms with Crippen molar-refractivity contribution < 1.29 is 0 Å². The van der Waals surface area contributed by atoms with E-state index in [0.29, 0.717) is 10.8 Å². The van der Waals surface area contributed by atoms with Gasteiger partial charge in [0.1, 0.15) is 6.67 Å². The molecule has 0 saturated heterocycles. The zero-order chi connectivity index (χ0) is 16.2. The first-order valence-electron chi connectivity index (χ1n) is 11.3. The largest absolute Gasteiger partial charge is 0.264 e. The minimum Gasteiger partial charge on any atom is -0.264 e. The van der Waals surface area contributed by atoms with Crippen LogP contribution in [-0.4, -0.2) is 18.1 Å². The molecule has 0 radical (unpaired) electrons. The average molecular weight is 337 g/mol. The summed E-state index contributed by atoms with van der Waals surface area (Å²) in [5, 5.41) is 0. The van der Waals surface area contributed by atoms with Crippen molar-refractivity contribution in [2.75, 3.05) is 6.67 Å². The predicted molar refractivity (Wildman–Crippen MR) is 101 cm³/mol.